The van der Waals surface area contributed by atoms with Crippen LogP contribution >= 0.6 is 0 Å². The summed E-state index contributed by atoms with van der Waals surface area (Å²) in [5, 5.41) is 9.06. The van der Waals surface area contributed by atoms with Gasteiger partial charge in [-0.05, 0) is 6.42 Å². The molecule has 1 N–H and O–H groups in total. The van der Waals surface area contributed by atoms with E-state index in [2.05, 4.69) is 11.3 Å². The first kappa shape index (κ1) is 13.0. The van der Waals surface area contributed by atoms with Crippen molar-refractivity contribution >= 4 is 12.1 Å². The zero-order valence-corrected chi connectivity index (χ0v) is 9.57. The molecular weight excluding hydrogens is 222 g/mol. The third-order valence-electron chi connectivity index (χ3n) is 2.53. The number of aliphatic carboxylic acids is 1. The van der Waals surface area contributed by atoms with Crippen LogP contribution in [0, 0.1) is 11.8 Å². The van der Waals surface area contributed by atoms with Gasteiger partial charge in [-0.3, -0.25) is 9.69 Å². The molecule has 0 aromatic rings. The molecule has 0 saturated carbocycles. The fourth-order valence-corrected chi connectivity index (χ4v) is 1.60. The first-order chi connectivity index (χ1) is 8.10. The molecule has 1 aliphatic heterocycles. The SMILES string of the molecule is C=CCC(C(=O)O)C1C=CN(C(=O)OC)C=C1. The van der Waals surface area contributed by atoms with E-state index < -0.39 is 18.0 Å². The molecule has 1 unspecified atom stereocenters. The number of methoxy groups -OCH3 is 1. The summed E-state index contributed by atoms with van der Waals surface area (Å²) in [7, 11) is 1.29. The Kier molecular flexibility index (Phi) is 4.51. The molecule has 1 heterocycles. The Morgan fingerprint density at radius 1 is 1.53 bits per heavy atom. The number of allylic oxidation sites excluding steroid dienone is 3. The molecule has 1 aliphatic rings. The average molecular weight is 237 g/mol. The summed E-state index contributed by atoms with van der Waals surface area (Å²) in [4.78, 5) is 23.5. The lowest BCUT2D eigenvalue weighted by Gasteiger charge is -2.22. The van der Waals surface area contributed by atoms with Gasteiger partial charge in [0.2, 0.25) is 0 Å². The first-order valence-electron chi connectivity index (χ1n) is 5.16. The quantitative estimate of drug-likeness (QED) is 0.759. The topological polar surface area (TPSA) is 66.8 Å². The lowest BCUT2D eigenvalue weighted by Crippen LogP contribution is -2.26. The Labute approximate surface area is 99.7 Å². The van der Waals surface area contributed by atoms with Crippen molar-refractivity contribution in [1.29, 1.82) is 0 Å². The number of rotatable bonds is 4. The summed E-state index contributed by atoms with van der Waals surface area (Å²) in [6.45, 7) is 3.54. The number of carboxylic acids is 1. The van der Waals surface area contributed by atoms with E-state index in [1.54, 1.807) is 18.2 Å². The van der Waals surface area contributed by atoms with Crippen molar-refractivity contribution in [2.45, 2.75) is 6.42 Å². The summed E-state index contributed by atoms with van der Waals surface area (Å²) in [6.07, 6.45) is 7.80. The van der Waals surface area contributed by atoms with Crippen molar-refractivity contribution in [3.8, 4) is 0 Å². The van der Waals surface area contributed by atoms with Crippen molar-refractivity contribution in [2.24, 2.45) is 11.8 Å². The third kappa shape index (κ3) is 3.21. The third-order valence-corrected chi connectivity index (χ3v) is 2.53. The van der Waals surface area contributed by atoms with E-state index in [4.69, 9.17) is 5.11 Å². The van der Waals surface area contributed by atoms with E-state index in [0.29, 0.717) is 6.42 Å². The number of nitrogens with zero attached hydrogens (tertiary/aromatic N) is 1. The molecule has 0 radical (unpaired) electrons. The first-order valence-corrected chi connectivity index (χ1v) is 5.16. The van der Waals surface area contributed by atoms with Crippen LogP contribution in [0.5, 0.6) is 0 Å². The van der Waals surface area contributed by atoms with E-state index in [0.717, 1.165) is 0 Å². The van der Waals surface area contributed by atoms with Gasteiger partial charge in [0.05, 0.1) is 13.0 Å². The number of carbonyl (C=O) groups is 2. The normalized spacial score (nSPS) is 16.6. The van der Waals surface area contributed by atoms with Crippen molar-refractivity contribution in [3.63, 3.8) is 0 Å². The molecule has 0 spiro atoms. The van der Waals surface area contributed by atoms with Crippen LogP contribution in [0.3, 0.4) is 0 Å². The smallest absolute Gasteiger partial charge is 0.417 e. The van der Waals surface area contributed by atoms with Gasteiger partial charge in [0.25, 0.3) is 0 Å². The van der Waals surface area contributed by atoms with Crippen molar-refractivity contribution in [2.75, 3.05) is 7.11 Å². The summed E-state index contributed by atoms with van der Waals surface area (Å²) in [5.74, 6) is -1.68. The van der Waals surface area contributed by atoms with Crippen LogP contribution in [0.4, 0.5) is 4.79 Å². The molecule has 0 saturated heterocycles. The summed E-state index contributed by atoms with van der Waals surface area (Å²) < 4.78 is 4.53. The fourth-order valence-electron chi connectivity index (χ4n) is 1.60. The summed E-state index contributed by atoms with van der Waals surface area (Å²) >= 11 is 0. The Morgan fingerprint density at radius 3 is 2.53 bits per heavy atom. The maximum atomic E-state index is 11.2. The largest absolute Gasteiger partial charge is 0.481 e. The molecule has 17 heavy (non-hydrogen) atoms. The Morgan fingerprint density at radius 2 is 2.12 bits per heavy atom. The zero-order chi connectivity index (χ0) is 12.8. The second-order valence-corrected chi connectivity index (χ2v) is 3.61. The molecule has 0 aromatic heterocycles. The van der Waals surface area contributed by atoms with Gasteiger partial charge in [-0.15, -0.1) is 6.58 Å². The van der Waals surface area contributed by atoms with Crippen LogP contribution in [0.1, 0.15) is 6.42 Å². The number of ether oxygens (including phenoxy) is 1. The molecule has 0 aromatic carbocycles. The molecule has 1 atom stereocenters. The average Bonchev–Trinajstić information content (AvgIpc) is 2.35. The van der Waals surface area contributed by atoms with Crippen LogP contribution in [0.25, 0.3) is 0 Å². The van der Waals surface area contributed by atoms with Crippen molar-refractivity contribution in [1.82, 2.24) is 4.90 Å². The predicted octanol–water partition coefficient (Wildman–Crippen LogP) is 1.99. The Balaban J connectivity index is 2.72. The van der Waals surface area contributed by atoms with E-state index in [1.807, 2.05) is 0 Å². The fraction of sp³-hybridized carbons (Fsp3) is 0.333. The highest BCUT2D eigenvalue weighted by molar-refractivity contribution is 5.72. The van der Waals surface area contributed by atoms with E-state index in [1.165, 1.54) is 24.4 Å². The minimum atomic E-state index is -0.879. The van der Waals surface area contributed by atoms with E-state index in [-0.39, 0.29) is 5.92 Å². The summed E-state index contributed by atoms with van der Waals surface area (Å²) in [5.41, 5.74) is 0. The number of amides is 1. The second-order valence-electron chi connectivity index (χ2n) is 3.61. The lowest BCUT2D eigenvalue weighted by atomic mass is 9.88. The zero-order valence-electron chi connectivity index (χ0n) is 9.57. The predicted molar refractivity (Wildman–Crippen MR) is 62.0 cm³/mol. The minimum Gasteiger partial charge on any atom is -0.481 e. The van der Waals surface area contributed by atoms with Gasteiger partial charge in [-0.1, -0.05) is 18.2 Å². The van der Waals surface area contributed by atoms with Crippen LogP contribution in [-0.4, -0.2) is 29.2 Å². The highest BCUT2D eigenvalue weighted by Gasteiger charge is 2.25. The standard InChI is InChI=1S/C12H15NO4/c1-3-4-10(11(14)15)9-5-7-13(8-6-9)12(16)17-2/h3,5-10H,1,4H2,2H3,(H,14,15). The van der Waals surface area contributed by atoms with Gasteiger partial charge in [-0.25, -0.2) is 4.79 Å². The maximum absolute atomic E-state index is 11.2. The highest BCUT2D eigenvalue weighted by atomic mass is 16.5. The number of carbonyl (C=O) groups excluding carboxylic acids is 1. The molecule has 0 aliphatic carbocycles. The van der Waals surface area contributed by atoms with Gasteiger partial charge in [-0.2, -0.15) is 0 Å². The Hall–Kier alpha value is -2.04. The second kappa shape index (κ2) is 5.89. The van der Waals surface area contributed by atoms with E-state index >= 15 is 0 Å². The van der Waals surface area contributed by atoms with Gasteiger partial charge < -0.3 is 9.84 Å². The molecule has 92 valence electrons. The van der Waals surface area contributed by atoms with Crippen molar-refractivity contribution in [3.05, 3.63) is 37.2 Å². The number of carboxylic acid groups (broad SMARTS) is 1. The highest BCUT2D eigenvalue weighted by Crippen LogP contribution is 2.23. The Bertz CT molecular complexity index is 359. The minimum absolute atomic E-state index is 0.244. The number of hydrogen-bond acceptors (Lipinski definition) is 3. The van der Waals surface area contributed by atoms with Crippen LogP contribution < -0.4 is 0 Å². The summed E-state index contributed by atoms with van der Waals surface area (Å²) in [6, 6.07) is 0. The maximum Gasteiger partial charge on any atom is 0.417 e. The monoisotopic (exact) mass is 237 g/mol. The molecule has 1 rings (SSSR count). The molecule has 0 bridgehead atoms. The van der Waals surface area contributed by atoms with Gasteiger partial charge in [0.1, 0.15) is 0 Å². The van der Waals surface area contributed by atoms with Crippen molar-refractivity contribution < 1.29 is 19.4 Å². The van der Waals surface area contributed by atoms with Gasteiger partial charge >= 0.3 is 12.1 Å². The lowest BCUT2D eigenvalue weighted by molar-refractivity contribution is -0.142. The van der Waals surface area contributed by atoms with E-state index in [9.17, 15) is 9.59 Å². The molecular formula is C12H15NO4. The van der Waals surface area contributed by atoms with Crippen LogP contribution in [0.15, 0.2) is 37.2 Å². The van der Waals surface area contributed by atoms with Gasteiger partial charge in [0, 0.05) is 18.3 Å². The van der Waals surface area contributed by atoms with Crippen LogP contribution in [-0.2, 0) is 9.53 Å². The molecule has 5 nitrogen and oxygen atoms in total. The van der Waals surface area contributed by atoms with Crippen LogP contribution in [0.2, 0.25) is 0 Å². The molecule has 1 amide bonds. The van der Waals surface area contributed by atoms with Gasteiger partial charge in [0.15, 0.2) is 0 Å². The molecule has 5 heteroatoms. The number of hydrogen-bond donors (Lipinski definition) is 1. The molecule has 0 fully saturated rings.